The van der Waals surface area contributed by atoms with Crippen molar-refractivity contribution in [2.24, 2.45) is 0 Å². The topological polar surface area (TPSA) is 0 Å². The molecule has 0 aromatic heterocycles. The van der Waals surface area contributed by atoms with Crippen molar-refractivity contribution >= 4 is 0 Å². The maximum Gasteiger partial charge on any atom is -0.0286 e. The highest BCUT2D eigenvalue weighted by molar-refractivity contribution is 4.97. The lowest BCUT2D eigenvalue weighted by Crippen LogP contribution is -1.53. The second-order valence-electron chi connectivity index (χ2n) is 1.14. The first-order valence-corrected chi connectivity index (χ1v) is 1.72. The first kappa shape index (κ1) is 4.74. The van der Waals surface area contributed by atoms with Gasteiger partial charge in [-0.2, -0.15) is 0 Å². The Morgan fingerprint density at radius 1 is 1.80 bits per heavy atom. The molecule has 0 spiro atoms. The summed E-state index contributed by atoms with van der Waals surface area (Å²) in [6.07, 6.45) is 1.97. The fourth-order valence-corrected chi connectivity index (χ4v) is 0. The van der Waals surface area contributed by atoms with Crippen molar-refractivity contribution in [2.75, 3.05) is 0 Å². The van der Waals surface area contributed by atoms with E-state index >= 15 is 0 Å². The first-order chi connectivity index (χ1) is 2.27. The standard InChI is InChI=1S/C5H9/c1-4-5(2)3/h4H,2H2,1,3H3/b5-4+. The lowest BCUT2D eigenvalue weighted by atomic mass is 10.3. The van der Waals surface area contributed by atoms with Crippen LogP contribution < -0.4 is 0 Å². The zero-order chi connectivity index (χ0) is 4.28. The third-order valence-corrected chi connectivity index (χ3v) is 0.493. The summed E-state index contributed by atoms with van der Waals surface area (Å²) in [6, 6.07) is 0. The van der Waals surface area contributed by atoms with Gasteiger partial charge in [-0.25, -0.2) is 0 Å². The summed E-state index contributed by atoms with van der Waals surface area (Å²) in [7, 11) is 0. The van der Waals surface area contributed by atoms with Crippen molar-refractivity contribution in [3.63, 3.8) is 0 Å². The Labute approximate surface area is 33.5 Å². The molecule has 0 aromatic rings. The van der Waals surface area contributed by atoms with E-state index in [4.69, 9.17) is 0 Å². The fourth-order valence-electron chi connectivity index (χ4n) is 0. The molecule has 0 rings (SSSR count). The predicted octanol–water partition coefficient (Wildman–Crippen LogP) is 1.79. The first-order valence-electron chi connectivity index (χ1n) is 1.72. The molecule has 1 radical (unpaired) electrons. The second-order valence-corrected chi connectivity index (χ2v) is 1.14. The molecular weight excluding hydrogens is 60.1 g/mol. The van der Waals surface area contributed by atoms with Crippen LogP contribution in [-0.4, -0.2) is 0 Å². The van der Waals surface area contributed by atoms with Gasteiger partial charge in [0.05, 0.1) is 0 Å². The third-order valence-electron chi connectivity index (χ3n) is 0.493. The number of allylic oxidation sites excluding steroid dienone is 2. The molecule has 0 saturated heterocycles. The molecule has 0 aliphatic rings. The summed E-state index contributed by atoms with van der Waals surface area (Å²) in [5.74, 6) is 0. The van der Waals surface area contributed by atoms with Crippen molar-refractivity contribution in [1.82, 2.24) is 0 Å². The molecule has 0 amide bonds. The Bertz CT molecular complexity index is 38.0. The van der Waals surface area contributed by atoms with Gasteiger partial charge in [-0.15, -0.1) is 0 Å². The average Bonchev–Trinajstić information content (AvgIpc) is 1.38. The van der Waals surface area contributed by atoms with Crippen molar-refractivity contribution in [2.45, 2.75) is 13.8 Å². The van der Waals surface area contributed by atoms with E-state index in [2.05, 4.69) is 6.92 Å². The van der Waals surface area contributed by atoms with Gasteiger partial charge in [0.25, 0.3) is 0 Å². The van der Waals surface area contributed by atoms with Crippen molar-refractivity contribution in [3.05, 3.63) is 18.6 Å². The van der Waals surface area contributed by atoms with E-state index < -0.39 is 0 Å². The molecule has 0 bridgehead atoms. The zero-order valence-electron chi connectivity index (χ0n) is 3.78. The summed E-state index contributed by atoms with van der Waals surface area (Å²) < 4.78 is 0. The normalized spacial score (nSPS) is 12.2. The van der Waals surface area contributed by atoms with Crippen LogP contribution in [0.3, 0.4) is 0 Å². The fraction of sp³-hybridized carbons (Fsp3) is 0.400. The molecule has 0 aliphatic heterocycles. The molecule has 5 heavy (non-hydrogen) atoms. The summed E-state index contributed by atoms with van der Waals surface area (Å²) in [6.45, 7) is 7.56. The highest BCUT2D eigenvalue weighted by Gasteiger charge is 1.60. The Morgan fingerprint density at radius 2 is 2.00 bits per heavy atom. The predicted molar refractivity (Wildman–Crippen MR) is 24.8 cm³/mol. The Kier molecular flexibility index (Phi) is 1.90. The van der Waals surface area contributed by atoms with Crippen LogP contribution in [0, 0.1) is 6.92 Å². The van der Waals surface area contributed by atoms with Gasteiger partial charge >= 0.3 is 0 Å². The monoisotopic (exact) mass is 69.1 g/mol. The maximum atomic E-state index is 3.62. The van der Waals surface area contributed by atoms with Gasteiger partial charge in [-0.1, -0.05) is 11.6 Å². The minimum absolute atomic E-state index is 1.13. The van der Waals surface area contributed by atoms with Crippen molar-refractivity contribution in [1.29, 1.82) is 0 Å². The smallest absolute Gasteiger partial charge is 0.0286 e. The second kappa shape index (κ2) is 2.01. The maximum absolute atomic E-state index is 3.62. The molecule has 0 aliphatic carbocycles. The van der Waals surface area contributed by atoms with Gasteiger partial charge in [0.2, 0.25) is 0 Å². The van der Waals surface area contributed by atoms with E-state index in [9.17, 15) is 0 Å². The van der Waals surface area contributed by atoms with E-state index in [1.807, 2.05) is 19.9 Å². The molecule has 0 atom stereocenters. The van der Waals surface area contributed by atoms with Crippen LogP contribution in [0.2, 0.25) is 0 Å². The van der Waals surface area contributed by atoms with Gasteiger partial charge in [0, 0.05) is 0 Å². The minimum Gasteiger partial charge on any atom is -0.0887 e. The third kappa shape index (κ3) is 3.74. The molecule has 0 heterocycles. The lowest BCUT2D eigenvalue weighted by Gasteiger charge is -1.73. The van der Waals surface area contributed by atoms with Crippen LogP contribution in [0.25, 0.3) is 0 Å². The molecular formula is C5H9. The minimum atomic E-state index is 1.13. The van der Waals surface area contributed by atoms with Crippen molar-refractivity contribution < 1.29 is 0 Å². The molecule has 0 fully saturated rings. The van der Waals surface area contributed by atoms with Crippen LogP contribution in [0.5, 0.6) is 0 Å². The molecule has 29 valence electrons. The number of rotatable bonds is 0. The Hall–Kier alpha value is -0.260. The van der Waals surface area contributed by atoms with Gasteiger partial charge in [0.15, 0.2) is 0 Å². The SMILES string of the molecule is [CH2]/C(C)=C\C. The number of hydrogen-bond acceptors (Lipinski definition) is 0. The molecule has 0 N–H and O–H groups in total. The lowest BCUT2D eigenvalue weighted by molar-refractivity contribution is 1.49. The zero-order valence-corrected chi connectivity index (χ0v) is 3.78. The van der Waals surface area contributed by atoms with E-state index in [1.165, 1.54) is 0 Å². The van der Waals surface area contributed by atoms with Crippen LogP contribution in [-0.2, 0) is 0 Å². The van der Waals surface area contributed by atoms with Crippen LogP contribution in [0.1, 0.15) is 13.8 Å². The molecule has 0 aromatic carbocycles. The largest absolute Gasteiger partial charge is 0.0887 e. The van der Waals surface area contributed by atoms with Gasteiger partial charge in [0.1, 0.15) is 0 Å². The Morgan fingerprint density at radius 3 is 2.00 bits per heavy atom. The van der Waals surface area contributed by atoms with Gasteiger partial charge < -0.3 is 0 Å². The van der Waals surface area contributed by atoms with E-state index in [-0.39, 0.29) is 0 Å². The van der Waals surface area contributed by atoms with E-state index in [1.54, 1.807) is 0 Å². The summed E-state index contributed by atoms with van der Waals surface area (Å²) in [4.78, 5) is 0. The van der Waals surface area contributed by atoms with E-state index in [0.717, 1.165) is 5.57 Å². The molecule has 0 unspecified atom stereocenters. The summed E-state index contributed by atoms with van der Waals surface area (Å²) in [5.41, 5.74) is 1.13. The summed E-state index contributed by atoms with van der Waals surface area (Å²) in [5, 5.41) is 0. The highest BCUT2D eigenvalue weighted by atomic mass is 13.7. The van der Waals surface area contributed by atoms with Gasteiger partial charge in [-0.05, 0) is 20.8 Å². The quantitative estimate of drug-likeness (QED) is 0.406. The van der Waals surface area contributed by atoms with Gasteiger partial charge in [-0.3, -0.25) is 0 Å². The average molecular weight is 69.1 g/mol. The van der Waals surface area contributed by atoms with Crippen LogP contribution in [0.4, 0.5) is 0 Å². The summed E-state index contributed by atoms with van der Waals surface area (Å²) >= 11 is 0. The van der Waals surface area contributed by atoms with Crippen LogP contribution >= 0.6 is 0 Å². The molecule has 0 heteroatoms. The van der Waals surface area contributed by atoms with Crippen molar-refractivity contribution in [3.8, 4) is 0 Å². The number of hydrogen-bond donors (Lipinski definition) is 0. The highest BCUT2D eigenvalue weighted by Crippen LogP contribution is 1.81. The van der Waals surface area contributed by atoms with Crippen LogP contribution in [0.15, 0.2) is 11.6 Å². The Balaban J connectivity index is 3.14. The van der Waals surface area contributed by atoms with E-state index in [0.29, 0.717) is 0 Å². The molecule has 0 nitrogen and oxygen atoms in total. The molecule has 0 saturated carbocycles.